The predicted octanol–water partition coefficient (Wildman–Crippen LogP) is 1.56. The Morgan fingerprint density at radius 1 is 1.44 bits per heavy atom. The van der Waals surface area contributed by atoms with Gasteiger partial charge in [-0.05, 0) is 6.92 Å². The molecular formula is C11H13N3O2. The normalized spacial score (nSPS) is 10.9. The van der Waals surface area contributed by atoms with Gasteiger partial charge in [-0.3, -0.25) is 4.79 Å². The third kappa shape index (κ3) is 3.91. The minimum atomic E-state index is -0.251. The SMILES string of the molecule is CC=CC=CC(=O)Nc1cc(OC)ncn1. The Morgan fingerprint density at radius 3 is 2.94 bits per heavy atom. The lowest BCUT2D eigenvalue weighted by Crippen LogP contribution is -2.09. The summed E-state index contributed by atoms with van der Waals surface area (Å²) in [6.45, 7) is 1.87. The van der Waals surface area contributed by atoms with Crippen LogP contribution in [0.3, 0.4) is 0 Å². The molecule has 0 aliphatic rings. The number of nitrogens with one attached hydrogen (secondary N) is 1. The molecular weight excluding hydrogens is 206 g/mol. The number of methoxy groups -OCH3 is 1. The van der Waals surface area contributed by atoms with E-state index in [0.29, 0.717) is 11.7 Å². The Labute approximate surface area is 93.9 Å². The quantitative estimate of drug-likeness (QED) is 0.616. The number of anilines is 1. The molecule has 84 valence electrons. The van der Waals surface area contributed by atoms with E-state index in [1.54, 1.807) is 18.2 Å². The van der Waals surface area contributed by atoms with Crippen LogP contribution in [0.2, 0.25) is 0 Å². The molecule has 16 heavy (non-hydrogen) atoms. The van der Waals surface area contributed by atoms with Crippen LogP contribution in [0.5, 0.6) is 5.88 Å². The molecule has 0 aromatic carbocycles. The number of rotatable bonds is 4. The molecule has 1 N–H and O–H groups in total. The van der Waals surface area contributed by atoms with Crippen molar-refractivity contribution >= 4 is 11.7 Å². The van der Waals surface area contributed by atoms with Gasteiger partial charge < -0.3 is 10.1 Å². The minimum absolute atomic E-state index is 0.251. The third-order valence-electron chi connectivity index (χ3n) is 1.65. The number of amides is 1. The zero-order valence-corrected chi connectivity index (χ0v) is 9.18. The standard InChI is InChI=1S/C11H13N3O2/c1-3-4-5-6-10(15)14-9-7-11(16-2)13-8-12-9/h3-8H,1-2H3,(H,12,13,14,15). The summed E-state index contributed by atoms with van der Waals surface area (Å²) in [7, 11) is 1.50. The lowest BCUT2D eigenvalue weighted by molar-refractivity contribution is -0.111. The number of aromatic nitrogens is 2. The molecule has 0 fully saturated rings. The van der Waals surface area contributed by atoms with E-state index < -0.39 is 0 Å². The highest BCUT2D eigenvalue weighted by Crippen LogP contribution is 2.09. The van der Waals surface area contributed by atoms with Crippen LogP contribution in [0.4, 0.5) is 5.82 Å². The van der Waals surface area contributed by atoms with E-state index in [2.05, 4.69) is 15.3 Å². The summed E-state index contributed by atoms with van der Waals surface area (Å²) in [4.78, 5) is 19.1. The van der Waals surface area contributed by atoms with Gasteiger partial charge in [0.25, 0.3) is 0 Å². The molecule has 1 amide bonds. The molecule has 0 unspecified atom stereocenters. The molecule has 1 aromatic rings. The zero-order valence-electron chi connectivity index (χ0n) is 9.18. The molecule has 1 heterocycles. The van der Waals surface area contributed by atoms with Crippen molar-refractivity contribution in [3.63, 3.8) is 0 Å². The van der Waals surface area contributed by atoms with Crippen LogP contribution in [-0.4, -0.2) is 23.0 Å². The predicted molar refractivity (Wildman–Crippen MR) is 61.2 cm³/mol. The van der Waals surface area contributed by atoms with Crippen molar-refractivity contribution in [1.82, 2.24) is 9.97 Å². The highest BCUT2D eigenvalue weighted by molar-refractivity contribution is 5.98. The maximum Gasteiger partial charge on any atom is 0.249 e. The van der Waals surface area contributed by atoms with Crippen molar-refractivity contribution in [3.05, 3.63) is 36.7 Å². The molecule has 5 nitrogen and oxygen atoms in total. The summed E-state index contributed by atoms with van der Waals surface area (Å²) in [5.74, 6) is 0.559. The van der Waals surface area contributed by atoms with Crippen LogP contribution < -0.4 is 10.1 Å². The van der Waals surface area contributed by atoms with E-state index in [0.717, 1.165) is 0 Å². The van der Waals surface area contributed by atoms with Gasteiger partial charge in [0.2, 0.25) is 11.8 Å². The van der Waals surface area contributed by atoms with E-state index in [1.807, 2.05) is 13.0 Å². The molecule has 0 bridgehead atoms. The van der Waals surface area contributed by atoms with Gasteiger partial charge >= 0.3 is 0 Å². The first-order chi connectivity index (χ1) is 7.76. The Bertz CT molecular complexity index is 413. The fourth-order valence-corrected chi connectivity index (χ4v) is 0.941. The topological polar surface area (TPSA) is 64.1 Å². The third-order valence-corrected chi connectivity index (χ3v) is 1.65. The number of ether oxygens (including phenoxy) is 1. The summed E-state index contributed by atoms with van der Waals surface area (Å²) in [5, 5.41) is 2.58. The van der Waals surface area contributed by atoms with Crippen LogP contribution in [0.15, 0.2) is 36.7 Å². The minimum Gasteiger partial charge on any atom is -0.481 e. The fourth-order valence-electron chi connectivity index (χ4n) is 0.941. The first kappa shape index (κ1) is 11.9. The molecule has 0 atom stereocenters. The fraction of sp³-hybridized carbons (Fsp3) is 0.182. The zero-order chi connectivity index (χ0) is 11.8. The first-order valence-corrected chi connectivity index (χ1v) is 4.72. The molecule has 0 saturated heterocycles. The second-order valence-electron chi connectivity index (χ2n) is 2.82. The number of nitrogens with zero attached hydrogens (tertiary/aromatic N) is 2. The average molecular weight is 219 g/mol. The van der Waals surface area contributed by atoms with Crippen molar-refractivity contribution < 1.29 is 9.53 Å². The van der Waals surface area contributed by atoms with Crippen LogP contribution in [0.25, 0.3) is 0 Å². The van der Waals surface area contributed by atoms with E-state index in [9.17, 15) is 4.79 Å². The van der Waals surface area contributed by atoms with Gasteiger partial charge in [-0.25, -0.2) is 9.97 Å². The Morgan fingerprint density at radius 2 is 2.25 bits per heavy atom. The van der Waals surface area contributed by atoms with Gasteiger partial charge in [-0.1, -0.05) is 18.2 Å². The summed E-state index contributed by atoms with van der Waals surface area (Å²) in [6, 6.07) is 1.54. The maximum absolute atomic E-state index is 11.4. The van der Waals surface area contributed by atoms with Crippen molar-refractivity contribution in [2.75, 3.05) is 12.4 Å². The van der Waals surface area contributed by atoms with Gasteiger partial charge in [0, 0.05) is 12.1 Å². The van der Waals surface area contributed by atoms with Crippen molar-refractivity contribution in [3.8, 4) is 5.88 Å². The Balaban J connectivity index is 2.62. The van der Waals surface area contributed by atoms with Crippen molar-refractivity contribution in [2.45, 2.75) is 6.92 Å². The summed E-state index contributed by atoms with van der Waals surface area (Å²) < 4.78 is 4.90. The molecule has 0 spiro atoms. The summed E-state index contributed by atoms with van der Waals surface area (Å²) in [6.07, 6.45) is 7.98. The lowest BCUT2D eigenvalue weighted by Gasteiger charge is -2.02. The molecule has 0 radical (unpaired) electrons. The van der Waals surface area contributed by atoms with Crippen LogP contribution in [0.1, 0.15) is 6.92 Å². The van der Waals surface area contributed by atoms with Gasteiger partial charge in [0.05, 0.1) is 7.11 Å². The molecule has 1 aromatic heterocycles. The number of hydrogen-bond donors (Lipinski definition) is 1. The van der Waals surface area contributed by atoms with E-state index in [4.69, 9.17) is 4.74 Å². The van der Waals surface area contributed by atoms with Gasteiger partial charge in [-0.2, -0.15) is 0 Å². The van der Waals surface area contributed by atoms with Gasteiger partial charge in [0.1, 0.15) is 12.1 Å². The van der Waals surface area contributed by atoms with Crippen molar-refractivity contribution in [2.24, 2.45) is 0 Å². The Kier molecular flexibility index (Phi) is 4.72. The monoisotopic (exact) mass is 219 g/mol. The van der Waals surface area contributed by atoms with E-state index >= 15 is 0 Å². The summed E-state index contributed by atoms with van der Waals surface area (Å²) in [5.41, 5.74) is 0. The molecule has 0 saturated carbocycles. The van der Waals surface area contributed by atoms with Crippen LogP contribution in [-0.2, 0) is 4.79 Å². The summed E-state index contributed by atoms with van der Waals surface area (Å²) >= 11 is 0. The number of carbonyl (C=O) groups is 1. The highest BCUT2D eigenvalue weighted by Gasteiger charge is 2.00. The van der Waals surface area contributed by atoms with E-state index in [-0.39, 0.29) is 5.91 Å². The first-order valence-electron chi connectivity index (χ1n) is 4.72. The second kappa shape index (κ2) is 6.34. The largest absolute Gasteiger partial charge is 0.481 e. The van der Waals surface area contributed by atoms with Gasteiger partial charge in [-0.15, -0.1) is 0 Å². The Hall–Kier alpha value is -2.17. The van der Waals surface area contributed by atoms with Crippen LogP contribution >= 0.6 is 0 Å². The van der Waals surface area contributed by atoms with E-state index in [1.165, 1.54) is 19.5 Å². The number of hydrogen-bond acceptors (Lipinski definition) is 4. The lowest BCUT2D eigenvalue weighted by atomic mass is 10.4. The number of carbonyl (C=O) groups excluding carboxylic acids is 1. The smallest absolute Gasteiger partial charge is 0.249 e. The average Bonchev–Trinajstić information content (AvgIpc) is 2.29. The molecule has 5 heteroatoms. The molecule has 0 aliphatic heterocycles. The molecule has 0 aliphatic carbocycles. The second-order valence-corrected chi connectivity index (χ2v) is 2.82. The highest BCUT2D eigenvalue weighted by atomic mass is 16.5. The number of allylic oxidation sites excluding steroid dienone is 3. The molecule has 1 rings (SSSR count). The maximum atomic E-state index is 11.4. The van der Waals surface area contributed by atoms with Gasteiger partial charge in [0.15, 0.2) is 0 Å². The van der Waals surface area contributed by atoms with Crippen molar-refractivity contribution in [1.29, 1.82) is 0 Å². The van der Waals surface area contributed by atoms with Crippen LogP contribution in [0, 0.1) is 0 Å².